The van der Waals surface area contributed by atoms with Crippen LogP contribution in [0.5, 0.6) is 0 Å². The summed E-state index contributed by atoms with van der Waals surface area (Å²) in [6.07, 6.45) is 3.20. The highest BCUT2D eigenvalue weighted by Crippen LogP contribution is 2.16. The Morgan fingerprint density at radius 2 is 2.06 bits per heavy atom. The van der Waals surface area contributed by atoms with Gasteiger partial charge in [-0.15, -0.1) is 0 Å². The molecule has 0 unspecified atom stereocenters. The molecule has 1 aromatic carbocycles. The molecule has 0 aliphatic rings. The lowest BCUT2D eigenvalue weighted by Crippen LogP contribution is -2.12. The minimum Gasteiger partial charge on any atom is -0.322 e. The number of aryl methyl sites for hydroxylation is 2. The van der Waals surface area contributed by atoms with E-state index in [-0.39, 0.29) is 5.91 Å². The average Bonchev–Trinajstić information content (AvgIpc) is 2.34. The van der Waals surface area contributed by atoms with E-state index in [1.54, 1.807) is 24.5 Å². The van der Waals surface area contributed by atoms with Crippen molar-refractivity contribution in [3.63, 3.8) is 0 Å². The van der Waals surface area contributed by atoms with Gasteiger partial charge in [0.05, 0.1) is 5.56 Å². The van der Waals surface area contributed by atoms with Crippen LogP contribution in [-0.4, -0.2) is 10.9 Å². The minimum absolute atomic E-state index is 0.134. The van der Waals surface area contributed by atoms with E-state index in [0.717, 1.165) is 11.3 Å². The van der Waals surface area contributed by atoms with Crippen LogP contribution >= 0.6 is 0 Å². The monoisotopic (exact) mass is 226 g/mol. The summed E-state index contributed by atoms with van der Waals surface area (Å²) < 4.78 is 0. The Labute approximate surface area is 101 Å². The molecule has 86 valence electrons. The summed E-state index contributed by atoms with van der Waals surface area (Å²) in [5.41, 5.74) is 3.64. The van der Waals surface area contributed by atoms with Gasteiger partial charge in [-0.05, 0) is 37.6 Å². The maximum atomic E-state index is 11.9. The van der Waals surface area contributed by atoms with Crippen molar-refractivity contribution in [1.82, 2.24) is 4.98 Å². The number of hydrogen-bond acceptors (Lipinski definition) is 2. The molecule has 2 rings (SSSR count). The molecule has 0 saturated heterocycles. The maximum Gasteiger partial charge on any atom is 0.257 e. The first-order valence-corrected chi connectivity index (χ1v) is 5.45. The first-order chi connectivity index (χ1) is 8.16. The summed E-state index contributed by atoms with van der Waals surface area (Å²) >= 11 is 0. The molecule has 1 heterocycles. The Bertz CT molecular complexity index is 535. The zero-order chi connectivity index (χ0) is 12.3. The molecular formula is C14H14N2O. The second-order valence-corrected chi connectivity index (χ2v) is 4.01. The molecule has 0 fully saturated rings. The molecule has 1 amide bonds. The average molecular weight is 226 g/mol. The molecule has 17 heavy (non-hydrogen) atoms. The van der Waals surface area contributed by atoms with Crippen LogP contribution in [0.4, 0.5) is 5.69 Å². The molecule has 3 nitrogen and oxygen atoms in total. The normalized spacial score (nSPS) is 10.0. The molecule has 2 aromatic rings. The number of rotatable bonds is 2. The van der Waals surface area contributed by atoms with Gasteiger partial charge in [-0.25, -0.2) is 0 Å². The van der Waals surface area contributed by atoms with Crippen LogP contribution in [0.3, 0.4) is 0 Å². The first-order valence-electron chi connectivity index (χ1n) is 5.45. The highest BCUT2D eigenvalue weighted by molar-refractivity contribution is 6.04. The highest BCUT2D eigenvalue weighted by Gasteiger charge is 2.07. The number of carbonyl (C=O) groups excluding carboxylic acids is 1. The summed E-state index contributed by atoms with van der Waals surface area (Å²) in [7, 11) is 0. The van der Waals surface area contributed by atoms with E-state index in [9.17, 15) is 4.79 Å². The smallest absolute Gasteiger partial charge is 0.257 e. The van der Waals surface area contributed by atoms with Gasteiger partial charge in [0, 0.05) is 18.1 Å². The lowest BCUT2D eigenvalue weighted by atomic mass is 10.1. The van der Waals surface area contributed by atoms with Crippen LogP contribution in [0, 0.1) is 13.8 Å². The quantitative estimate of drug-likeness (QED) is 0.855. The van der Waals surface area contributed by atoms with Crippen molar-refractivity contribution in [2.45, 2.75) is 13.8 Å². The number of nitrogens with one attached hydrogen (secondary N) is 1. The largest absolute Gasteiger partial charge is 0.322 e. The number of nitrogens with zero attached hydrogens (tertiary/aromatic N) is 1. The van der Waals surface area contributed by atoms with Gasteiger partial charge in [0.15, 0.2) is 0 Å². The molecule has 0 radical (unpaired) electrons. The Morgan fingerprint density at radius 1 is 1.24 bits per heavy atom. The maximum absolute atomic E-state index is 11.9. The number of aromatic nitrogens is 1. The van der Waals surface area contributed by atoms with E-state index in [2.05, 4.69) is 10.3 Å². The second kappa shape index (κ2) is 4.78. The van der Waals surface area contributed by atoms with Crippen LogP contribution in [0.1, 0.15) is 21.5 Å². The van der Waals surface area contributed by atoms with E-state index in [1.165, 1.54) is 5.56 Å². The molecule has 0 aliphatic carbocycles. The third kappa shape index (κ3) is 2.69. The Balaban J connectivity index is 2.19. The summed E-state index contributed by atoms with van der Waals surface area (Å²) in [6, 6.07) is 9.42. The fourth-order valence-corrected chi connectivity index (χ4v) is 1.65. The van der Waals surface area contributed by atoms with Gasteiger partial charge in [-0.1, -0.05) is 17.7 Å². The molecule has 0 bridgehead atoms. The van der Waals surface area contributed by atoms with Gasteiger partial charge in [0.2, 0.25) is 0 Å². The second-order valence-electron chi connectivity index (χ2n) is 4.01. The molecule has 0 aliphatic heterocycles. The lowest BCUT2D eigenvalue weighted by molar-refractivity contribution is 0.102. The predicted octanol–water partition coefficient (Wildman–Crippen LogP) is 2.95. The van der Waals surface area contributed by atoms with E-state index in [4.69, 9.17) is 0 Å². The van der Waals surface area contributed by atoms with Crippen molar-refractivity contribution < 1.29 is 4.79 Å². The third-order valence-corrected chi connectivity index (χ3v) is 2.55. The number of carbonyl (C=O) groups is 1. The van der Waals surface area contributed by atoms with Gasteiger partial charge < -0.3 is 5.32 Å². The molecule has 0 saturated carbocycles. The number of hydrogen-bond donors (Lipinski definition) is 1. The Kier molecular flexibility index (Phi) is 3.19. The van der Waals surface area contributed by atoms with E-state index < -0.39 is 0 Å². The van der Waals surface area contributed by atoms with Crippen molar-refractivity contribution in [3.05, 3.63) is 59.4 Å². The topological polar surface area (TPSA) is 42.0 Å². The van der Waals surface area contributed by atoms with Crippen molar-refractivity contribution in [2.75, 3.05) is 5.32 Å². The van der Waals surface area contributed by atoms with Crippen LogP contribution in [0.2, 0.25) is 0 Å². The van der Waals surface area contributed by atoms with Crippen molar-refractivity contribution in [2.24, 2.45) is 0 Å². The van der Waals surface area contributed by atoms with Gasteiger partial charge in [0.25, 0.3) is 5.91 Å². The lowest BCUT2D eigenvalue weighted by Gasteiger charge is -2.08. The first kappa shape index (κ1) is 11.3. The van der Waals surface area contributed by atoms with Gasteiger partial charge in [0.1, 0.15) is 0 Å². The SMILES string of the molecule is Cc1ccc(NC(=O)c2cccnc2)c(C)c1. The molecule has 0 atom stereocenters. The van der Waals surface area contributed by atoms with Gasteiger partial charge in [-0.3, -0.25) is 9.78 Å². The van der Waals surface area contributed by atoms with E-state index >= 15 is 0 Å². The molecule has 3 heteroatoms. The van der Waals surface area contributed by atoms with E-state index in [0.29, 0.717) is 5.56 Å². The number of amides is 1. The molecule has 1 N–H and O–H groups in total. The van der Waals surface area contributed by atoms with Crippen molar-refractivity contribution in [1.29, 1.82) is 0 Å². The summed E-state index contributed by atoms with van der Waals surface area (Å²) in [5.74, 6) is -0.134. The number of benzene rings is 1. The van der Waals surface area contributed by atoms with E-state index in [1.807, 2.05) is 32.0 Å². The highest BCUT2D eigenvalue weighted by atomic mass is 16.1. The van der Waals surface area contributed by atoms with Crippen molar-refractivity contribution >= 4 is 11.6 Å². The predicted molar refractivity (Wildman–Crippen MR) is 68.1 cm³/mol. The zero-order valence-electron chi connectivity index (χ0n) is 9.90. The van der Waals surface area contributed by atoms with Crippen LogP contribution in [-0.2, 0) is 0 Å². The van der Waals surface area contributed by atoms with Gasteiger partial charge >= 0.3 is 0 Å². The van der Waals surface area contributed by atoms with Crippen LogP contribution in [0.15, 0.2) is 42.7 Å². The summed E-state index contributed by atoms with van der Waals surface area (Å²) in [6.45, 7) is 4.01. The summed E-state index contributed by atoms with van der Waals surface area (Å²) in [5, 5.41) is 2.87. The fraction of sp³-hybridized carbons (Fsp3) is 0.143. The minimum atomic E-state index is -0.134. The Hall–Kier alpha value is -2.16. The molecule has 0 spiro atoms. The zero-order valence-corrected chi connectivity index (χ0v) is 9.90. The van der Waals surface area contributed by atoms with Crippen LogP contribution in [0.25, 0.3) is 0 Å². The van der Waals surface area contributed by atoms with Crippen molar-refractivity contribution in [3.8, 4) is 0 Å². The van der Waals surface area contributed by atoms with Crippen LogP contribution < -0.4 is 5.32 Å². The standard InChI is InChI=1S/C14H14N2O/c1-10-5-6-13(11(2)8-10)16-14(17)12-4-3-7-15-9-12/h3-9H,1-2H3,(H,16,17). The number of pyridine rings is 1. The Morgan fingerprint density at radius 3 is 2.71 bits per heavy atom. The van der Waals surface area contributed by atoms with Gasteiger partial charge in [-0.2, -0.15) is 0 Å². The molecular weight excluding hydrogens is 212 g/mol. The third-order valence-electron chi connectivity index (χ3n) is 2.55. The fourth-order valence-electron chi connectivity index (χ4n) is 1.65. The summed E-state index contributed by atoms with van der Waals surface area (Å²) in [4.78, 5) is 15.8. The number of anilines is 1. The molecule has 1 aromatic heterocycles.